The van der Waals surface area contributed by atoms with Crippen LogP contribution in [-0.4, -0.2) is 19.1 Å². The van der Waals surface area contributed by atoms with Crippen LogP contribution in [-0.2, 0) is 0 Å². The number of fused-ring (bicyclic) bond motifs is 8. The average Bonchev–Trinajstić information content (AvgIpc) is 3.77. The monoisotopic (exact) mass is 688 g/mol. The van der Waals surface area contributed by atoms with Gasteiger partial charge < -0.3 is 9.13 Å². The first-order valence-corrected chi connectivity index (χ1v) is 18.3. The molecule has 0 aliphatic heterocycles. The number of nitrogens with zero attached hydrogens (tertiary/aromatic N) is 4. The highest BCUT2D eigenvalue weighted by Gasteiger charge is 2.21. The molecule has 0 atom stereocenters. The Morgan fingerprint density at radius 3 is 1.74 bits per heavy atom. The number of hydrogen-bond donors (Lipinski definition) is 0. The first kappa shape index (κ1) is 30.3. The summed E-state index contributed by atoms with van der Waals surface area (Å²) in [4.78, 5) is 10.2. The number of aromatic nitrogens is 4. The quantitative estimate of drug-likeness (QED) is 0.180. The Morgan fingerprint density at radius 1 is 0.333 bits per heavy atom. The first-order valence-electron chi connectivity index (χ1n) is 18.3. The molecule has 0 amide bonds. The van der Waals surface area contributed by atoms with Crippen molar-refractivity contribution in [2.24, 2.45) is 0 Å². The minimum atomic E-state index is 0.713. The summed E-state index contributed by atoms with van der Waals surface area (Å²) in [5.74, 6) is 0.713. The summed E-state index contributed by atoms with van der Waals surface area (Å²) in [5.41, 5.74) is 13.3. The maximum Gasteiger partial charge on any atom is 0.160 e. The second-order valence-corrected chi connectivity index (χ2v) is 13.8. The van der Waals surface area contributed by atoms with Crippen LogP contribution in [0.25, 0.3) is 99.7 Å². The molecule has 4 nitrogen and oxygen atoms in total. The molecule has 3 aromatic heterocycles. The van der Waals surface area contributed by atoms with E-state index in [4.69, 9.17) is 9.97 Å². The fourth-order valence-electron chi connectivity index (χ4n) is 8.29. The fourth-order valence-corrected chi connectivity index (χ4v) is 8.29. The van der Waals surface area contributed by atoms with Gasteiger partial charge in [0, 0.05) is 49.4 Å². The van der Waals surface area contributed by atoms with Gasteiger partial charge in [0.2, 0.25) is 0 Å². The molecule has 0 saturated carbocycles. The van der Waals surface area contributed by atoms with Crippen LogP contribution in [0.3, 0.4) is 0 Å². The van der Waals surface area contributed by atoms with Gasteiger partial charge in [0.15, 0.2) is 5.82 Å². The van der Waals surface area contributed by atoms with E-state index < -0.39 is 0 Å². The van der Waals surface area contributed by atoms with Crippen molar-refractivity contribution < 1.29 is 0 Å². The molecule has 4 heteroatoms. The van der Waals surface area contributed by atoms with E-state index in [0.29, 0.717) is 5.82 Å². The second-order valence-electron chi connectivity index (χ2n) is 13.8. The average molecular weight is 689 g/mol. The number of hydrogen-bond acceptors (Lipinski definition) is 2. The predicted molar refractivity (Wildman–Crippen MR) is 225 cm³/mol. The standard InChI is InChI=1S/C50H32N4/c1-3-14-33(15-4-1)36-18-13-19-38(32-36)54-44-24-11-8-20-39(44)40-30-31-46-47(49(40)54)42-22-9-12-25-45(42)53(46)37-28-26-35(27-29-37)50-51-43-23-10-7-21-41(43)48(52-50)34-16-5-2-6-17-34/h1-32H. The Bertz CT molecular complexity index is 3190. The Hall–Kier alpha value is -7.30. The van der Waals surface area contributed by atoms with Gasteiger partial charge in [0.25, 0.3) is 0 Å². The van der Waals surface area contributed by atoms with Gasteiger partial charge in [-0.15, -0.1) is 0 Å². The molecule has 54 heavy (non-hydrogen) atoms. The maximum atomic E-state index is 5.13. The molecule has 0 aliphatic rings. The lowest BCUT2D eigenvalue weighted by Gasteiger charge is -2.12. The largest absolute Gasteiger partial charge is 0.309 e. The van der Waals surface area contributed by atoms with Gasteiger partial charge in [-0.05, 0) is 71.8 Å². The highest BCUT2D eigenvalue weighted by molar-refractivity contribution is 6.26. The Morgan fingerprint density at radius 2 is 0.963 bits per heavy atom. The minimum absolute atomic E-state index is 0.713. The summed E-state index contributed by atoms with van der Waals surface area (Å²) in [5, 5.41) is 5.98. The molecule has 0 saturated heterocycles. The lowest BCUT2D eigenvalue weighted by atomic mass is 10.0. The zero-order valence-electron chi connectivity index (χ0n) is 29.3. The highest BCUT2D eigenvalue weighted by Crippen LogP contribution is 2.42. The molecule has 0 bridgehead atoms. The van der Waals surface area contributed by atoms with Crippen molar-refractivity contribution in [1.29, 1.82) is 0 Å². The predicted octanol–water partition coefficient (Wildman–Crippen LogP) is 12.8. The molecule has 8 aromatic carbocycles. The van der Waals surface area contributed by atoms with E-state index in [1.165, 1.54) is 43.7 Å². The van der Waals surface area contributed by atoms with E-state index in [9.17, 15) is 0 Å². The summed E-state index contributed by atoms with van der Waals surface area (Å²) in [6.07, 6.45) is 0. The Balaban J connectivity index is 1.12. The van der Waals surface area contributed by atoms with Gasteiger partial charge in [-0.3, -0.25) is 0 Å². The van der Waals surface area contributed by atoms with Gasteiger partial charge >= 0.3 is 0 Å². The van der Waals surface area contributed by atoms with Gasteiger partial charge in [0.1, 0.15) is 0 Å². The van der Waals surface area contributed by atoms with Crippen LogP contribution in [0.1, 0.15) is 0 Å². The highest BCUT2D eigenvalue weighted by atomic mass is 15.0. The molecule has 0 fully saturated rings. The maximum absolute atomic E-state index is 5.13. The third-order valence-corrected chi connectivity index (χ3v) is 10.7. The third kappa shape index (κ3) is 4.70. The molecular weight excluding hydrogens is 657 g/mol. The van der Waals surface area contributed by atoms with Gasteiger partial charge in [-0.1, -0.05) is 133 Å². The molecule has 0 spiro atoms. The normalized spacial score (nSPS) is 11.7. The smallest absolute Gasteiger partial charge is 0.160 e. The molecule has 11 rings (SSSR count). The van der Waals surface area contributed by atoms with Crippen LogP contribution < -0.4 is 0 Å². The van der Waals surface area contributed by atoms with Crippen LogP contribution in [0.2, 0.25) is 0 Å². The lowest BCUT2D eigenvalue weighted by molar-refractivity contribution is 1.17. The zero-order valence-corrected chi connectivity index (χ0v) is 29.3. The van der Waals surface area contributed by atoms with E-state index in [-0.39, 0.29) is 0 Å². The van der Waals surface area contributed by atoms with E-state index in [0.717, 1.165) is 50.1 Å². The van der Waals surface area contributed by atoms with E-state index in [1.54, 1.807) is 0 Å². The van der Waals surface area contributed by atoms with Gasteiger partial charge in [-0.25, -0.2) is 9.97 Å². The van der Waals surface area contributed by atoms with Gasteiger partial charge in [0.05, 0.1) is 33.3 Å². The fraction of sp³-hybridized carbons (Fsp3) is 0. The third-order valence-electron chi connectivity index (χ3n) is 10.7. The van der Waals surface area contributed by atoms with Crippen molar-refractivity contribution in [3.05, 3.63) is 194 Å². The molecule has 0 N–H and O–H groups in total. The van der Waals surface area contributed by atoms with Crippen LogP contribution in [0, 0.1) is 0 Å². The molecular formula is C50H32N4. The van der Waals surface area contributed by atoms with E-state index in [2.05, 4.69) is 185 Å². The number of rotatable bonds is 5. The summed E-state index contributed by atoms with van der Waals surface area (Å²) < 4.78 is 4.85. The second kappa shape index (κ2) is 12.1. The summed E-state index contributed by atoms with van der Waals surface area (Å²) in [6.45, 7) is 0. The summed E-state index contributed by atoms with van der Waals surface area (Å²) >= 11 is 0. The van der Waals surface area contributed by atoms with E-state index >= 15 is 0 Å². The van der Waals surface area contributed by atoms with Gasteiger partial charge in [-0.2, -0.15) is 0 Å². The Labute approximate surface area is 311 Å². The molecule has 0 unspecified atom stereocenters. The number of benzene rings is 8. The van der Waals surface area contributed by atoms with Crippen LogP contribution in [0.5, 0.6) is 0 Å². The topological polar surface area (TPSA) is 35.6 Å². The van der Waals surface area contributed by atoms with Crippen molar-refractivity contribution >= 4 is 54.5 Å². The van der Waals surface area contributed by atoms with Crippen molar-refractivity contribution in [2.45, 2.75) is 0 Å². The van der Waals surface area contributed by atoms with Crippen molar-refractivity contribution in [3.8, 4) is 45.1 Å². The summed E-state index contributed by atoms with van der Waals surface area (Å²) in [6, 6.07) is 69.0. The first-order chi connectivity index (χ1) is 26.8. The molecule has 252 valence electrons. The number of para-hydroxylation sites is 3. The SMILES string of the molecule is c1ccc(-c2cccc(-n3c4ccccc4c4ccc5c(c6ccccc6n5-c5ccc(-c6nc(-c7ccccc7)c7ccccc7n6)cc5)c43)c2)cc1. The molecule has 3 heterocycles. The molecule has 11 aromatic rings. The minimum Gasteiger partial charge on any atom is -0.309 e. The van der Waals surface area contributed by atoms with Crippen molar-refractivity contribution in [3.63, 3.8) is 0 Å². The van der Waals surface area contributed by atoms with Crippen molar-refractivity contribution in [1.82, 2.24) is 19.1 Å². The van der Waals surface area contributed by atoms with Crippen LogP contribution in [0.4, 0.5) is 0 Å². The molecule has 0 aliphatic carbocycles. The lowest BCUT2D eigenvalue weighted by Crippen LogP contribution is -1.97. The van der Waals surface area contributed by atoms with Crippen LogP contribution in [0.15, 0.2) is 194 Å². The Kier molecular flexibility index (Phi) is 6.82. The van der Waals surface area contributed by atoms with E-state index in [1.807, 2.05) is 18.2 Å². The molecule has 0 radical (unpaired) electrons. The summed E-state index contributed by atoms with van der Waals surface area (Å²) in [7, 11) is 0. The van der Waals surface area contributed by atoms with Crippen molar-refractivity contribution in [2.75, 3.05) is 0 Å². The van der Waals surface area contributed by atoms with Crippen LogP contribution >= 0.6 is 0 Å². The zero-order chi connectivity index (χ0) is 35.6.